The molecule has 20 heteroatoms. The van der Waals surface area contributed by atoms with E-state index in [9.17, 15) is 58.5 Å². The summed E-state index contributed by atoms with van der Waals surface area (Å²) in [6, 6.07) is 4.78. The zero-order chi connectivity index (χ0) is 42.2. The molecular weight excluding hydrogens is 755 g/mol. The Kier molecular flexibility index (Phi) is 17.8. The maximum atomic E-state index is 14.0. The minimum atomic E-state index is -1.82. The predicted octanol–water partition coefficient (Wildman–Crippen LogP) is -1.87. The first-order chi connectivity index (χ1) is 26.2. The number of rotatable bonds is 22. The molecule has 0 spiro atoms. The van der Waals surface area contributed by atoms with Crippen LogP contribution in [0.1, 0.15) is 44.7 Å². The molecule has 0 bridgehead atoms. The van der Waals surface area contributed by atoms with Crippen molar-refractivity contribution in [2.75, 3.05) is 5.75 Å². The summed E-state index contributed by atoms with van der Waals surface area (Å²) in [5.74, 6) is -9.11. The number of nitrogens with one attached hydrogen (secondary N) is 6. The van der Waals surface area contributed by atoms with Gasteiger partial charge in [-0.3, -0.25) is 43.2 Å². The topological polar surface area (TPSA) is 313 Å². The molecule has 6 atom stereocenters. The standard InChI is InChI=1S/C36H47N7O12S/c1-36(2,3)29(35(55)42-26(17-56)30(37)50)43-34(54)25(16-28(48)49)41-33(53)24(14-20-9-11-21(45)12-10-20)40-32(52)23(13-19-7-5-4-6-8-19)39-31(51)22(38-18-44)15-27(46)47/h4-12,18,22-26,29,45,56H,13-17H2,1-3H3,(H2,37,50)(H,38,44)(H,39,51)(H,40,52)(H,41,53)(H,42,55)(H,43,54)(H,46,47)(H,48,49). The first-order valence-electron chi connectivity index (χ1n) is 17.1. The number of hydrogen-bond donors (Lipinski definition) is 11. The lowest BCUT2D eigenvalue weighted by Gasteiger charge is -2.32. The predicted molar refractivity (Wildman–Crippen MR) is 202 cm³/mol. The highest BCUT2D eigenvalue weighted by atomic mass is 32.1. The maximum Gasteiger partial charge on any atom is 0.305 e. The number of aliphatic carboxylic acids is 2. The Labute approximate surface area is 327 Å². The minimum Gasteiger partial charge on any atom is -0.508 e. The maximum absolute atomic E-state index is 14.0. The van der Waals surface area contributed by atoms with Crippen molar-refractivity contribution in [3.05, 3.63) is 65.7 Å². The number of amides is 7. The van der Waals surface area contributed by atoms with E-state index in [1.54, 1.807) is 51.1 Å². The van der Waals surface area contributed by atoms with Gasteiger partial charge in [0.15, 0.2) is 0 Å². The van der Waals surface area contributed by atoms with Gasteiger partial charge in [0.1, 0.15) is 42.0 Å². The van der Waals surface area contributed by atoms with Gasteiger partial charge in [0.25, 0.3) is 0 Å². The van der Waals surface area contributed by atoms with Crippen LogP contribution < -0.4 is 37.6 Å². The van der Waals surface area contributed by atoms with Gasteiger partial charge in [0.05, 0.1) is 12.8 Å². The first-order valence-corrected chi connectivity index (χ1v) is 17.8. The number of aromatic hydroxyl groups is 1. The highest BCUT2D eigenvalue weighted by molar-refractivity contribution is 7.80. The van der Waals surface area contributed by atoms with Gasteiger partial charge in [0.2, 0.25) is 41.9 Å². The Hall–Kier alpha value is -6.18. The molecule has 0 aliphatic heterocycles. The van der Waals surface area contributed by atoms with Crippen molar-refractivity contribution >= 4 is 66.4 Å². The molecule has 0 aromatic heterocycles. The van der Waals surface area contributed by atoms with Crippen LogP contribution in [0, 0.1) is 5.41 Å². The SMILES string of the molecule is CC(C)(C)C(NC(=O)C(CC(=O)O)NC(=O)C(Cc1ccc(O)cc1)NC(=O)C(Cc1ccccc1)NC(=O)C(CC(=O)O)NC=O)C(=O)NC(CS)C(N)=O. The van der Waals surface area contributed by atoms with Crippen molar-refractivity contribution in [3.8, 4) is 5.75 Å². The molecule has 0 fully saturated rings. The largest absolute Gasteiger partial charge is 0.508 e. The number of carbonyl (C=O) groups is 9. The third kappa shape index (κ3) is 15.3. The van der Waals surface area contributed by atoms with Crippen molar-refractivity contribution in [2.45, 2.75) is 82.7 Å². The molecule has 6 unspecified atom stereocenters. The average Bonchev–Trinajstić information content (AvgIpc) is 3.11. The Bertz CT molecular complexity index is 1740. The molecule has 304 valence electrons. The molecule has 19 nitrogen and oxygen atoms in total. The summed E-state index contributed by atoms with van der Waals surface area (Å²) in [5.41, 5.74) is 5.22. The van der Waals surface area contributed by atoms with Gasteiger partial charge in [-0.2, -0.15) is 12.6 Å². The van der Waals surface area contributed by atoms with Crippen LogP contribution >= 0.6 is 12.6 Å². The molecule has 0 saturated heterocycles. The second-order valence-corrected chi connectivity index (χ2v) is 14.1. The Morgan fingerprint density at radius 3 is 1.52 bits per heavy atom. The fourth-order valence-electron chi connectivity index (χ4n) is 5.20. The summed E-state index contributed by atoms with van der Waals surface area (Å²) >= 11 is 4.00. The van der Waals surface area contributed by atoms with E-state index in [1.165, 1.54) is 24.3 Å². The van der Waals surface area contributed by atoms with Crippen LogP contribution in [-0.2, 0) is 56.0 Å². The zero-order valence-corrected chi connectivity index (χ0v) is 31.7. The Morgan fingerprint density at radius 1 is 0.643 bits per heavy atom. The fourth-order valence-corrected chi connectivity index (χ4v) is 5.47. The van der Waals surface area contributed by atoms with Gasteiger partial charge in [-0.25, -0.2) is 0 Å². The van der Waals surface area contributed by atoms with E-state index in [4.69, 9.17) is 5.73 Å². The number of phenols is 1. The fraction of sp³-hybridized carbons (Fsp3) is 0.417. The number of phenolic OH excluding ortho intramolecular Hbond substituents is 1. The number of thiol groups is 1. The minimum absolute atomic E-state index is 0.114. The molecule has 0 saturated carbocycles. The number of primary amides is 1. The van der Waals surface area contributed by atoms with Gasteiger partial charge in [-0.1, -0.05) is 63.2 Å². The number of benzene rings is 2. The van der Waals surface area contributed by atoms with E-state index in [0.29, 0.717) is 11.1 Å². The molecular formula is C36H47N7O12S. The van der Waals surface area contributed by atoms with Crippen LogP contribution in [0.3, 0.4) is 0 Å². The average molecular weight is 802 g/mol. The number of hydrogen-bond acceptors (Lipinski definition) is 11. The highest BCUT2D eigenvalue weighted by Crippen LogP contribution is 2.20. The van der Waals surface area contributed by atoms with Crippen LogP contribution in [0.4, 0.5) is 0 Å². The van der Waals surface area contributed by atoms with Crippen LogP contribution in [0.15, 0.2) is 54.6 Å². The number of nitrogens with two attached hydrogens (primary N) is 1. The van der Waals surface area contributed by atoms with Crippen molar-refractivity contribution in [3.63, 3.8) is 0 Å². The highest BCUT2D eigenvalue weighted by Gasteiger charge is 2.38. The third-order valence-corrected chi connectivity index (χ3v) is 8.52. The molecule has 0 aliphatic rings. The summed E-state index contributed by atoms with van der Waals surface area (Å²) in [6.45, 7) is 4.74. The van der Waals surface area contributed by atoms with Gasteiger partial charge in [-0.15, -0.1) is 0 Å². The lowest BCUT2D eigenvalue weighted by Crippen LogP contribution is -2.62. The van der Waals surface area contributed by atoms with Gasteiger partial charge in [0, 0.05) is 18.6 Å². The van der Waals surface area contributed by atoms with Crippen LogP contribution in [0.2, 0.25) is 0 Å². The van der Waals surface area contributed by atoms with Crippen molar-refractivity contribution < 1.29 is 58.5 Å². The molecule has 0 aliphatic carbocycles. The van der Waals surface area contributed by atoms with Crippen LogP contribution in [0.25, 0.3) is 0 Å². The van der Waals surface area contributed by atoms with E-state index in [-0.39, 0.29) is 30.8 Å². The first kappa shape index (κ1) is 46.0. The quantitative estimate of drug-likeness (QED) is 0.0461. The van der Waals surface area contributed by atoms with Crippen molar-refractivity contribution in [1.82, 2.24) is 31.9 Å². The second kappa shape index (κ2) is 21.6. The molecule has 0 radical (unpaired) electrons. The number of carboxylic acids is 2. The van der Waals surface area contributed by atoms with Gasteiger partial charge >= 0.3 is 11.9 Å². The van der Waals surface area contributed by atoms with Gasteiger partial charge < -0.3 is 53.0 Å². The number of carboxylic acid groups (broad SMARTS) is 2. The molecule has 2 aromatic rings. The lowest BCUT2D eigenvalue weighted by molar-refractivity contribution is -0.142. The number of carbonyl (C=O) groups excluding carboxylic acids is 7. The summed E-state index contributed by atoms with van der Waals surface area (Å²) in [6.07, 6.45) is -2.13. The second-order valence-electron chi connectivity index (χ2n) is 13.7. The Balaban J connectivity index is 2.49. The smallest absolute Gasteiger partial charge is 0.305 e. The molecule has 56 heavy (non-hydrogen) atoms. The third-order valence-electron chi connectivity index (χ3n) is 8.16. The molecule has 11 N–H and O–H groups in total. The van der Waals surface area contributed by atoms with Crippen LogP contribution in [-0.4, -0.2) is 111 Å². The normalized spacial score (nSPS) is 14.2. The summed E-state index contributed by atoms with van der Waals surface area (Å²) in [7, 11) is 0. The molecule has 7 amide bonds. The monoisotopic (exact) mass is 801 g/mol. The van der Waals surface area contributed by atoms with E-state index < -0.39 is 102 Å². The summed E-state index contributed by atoms with van der Waals surface area (Å²) in [4.78, 5) is 114. The summed E-state index contributed by atoms with van der Waals surface area (Å²) < 4.78 is 0. The molecule has 0 heterocycles. The summed E-state index contributed by atoms with van der Waals surface area (Å²) in [5, 5.41) is 42.8. The van der Waals surface area contributed by atoms with E-state index in [0.717, 1.165) is 0 Å². The van der Waals surface area contributed by atoms with E-state index >= 15 is 0 Å². The Morgan fingerprint density at radius 2 is 1.07 bits per heavy atom. The zero-order valence-electron chi connectivity index (χ0n) is 30.8. The van der Waals surface area contributed by atoms with Gasteiger partial charge in [-0.05, 0) is 28.7 Å². The molecule has 2 aromatic carbocycles. The van der Waals surface area contributed by atoms with Crippen molar-refractivity contribution in [2.24, 2.45) is 11.1 Å². The van der Waals surface area contributed by atoms with Crippen LogP contribution in [0.5, 0.6) is 5.75 Å². The molecule has 2 rings (SSSR count). The lowest BCUT2D eigenvalue weighted by atomic mass is 9.85. The van der Waals surface area contributed by atoms with Crippen molar-refractivity contribution in [1.29, 1.82) is 0 Å². The van der Waals surface area contributed by atoms with E-state index in [1.807, 2.05) is 0 Å². The van der Waals surface area contributed by atoms with E-state index in [2.05, 4.69) is 44.5 Å².